The Bertz CT molecular complexity index is 588. The number of piperidine rings is 1. The Labute approximate surface area is 114 Å². The average Bonchev–Trinajstić information content (AvgIpc) is 2.41. The Morgan fingerprint density at radius 1 is 1.50 bits per heavy atom. The number of nitrogens with zero attached hydrogens (tertiary/aromatic N) is 2. The Morgan fingerprint density at radius 2 is 2.20 bits per heavy atom. The number of benzene rings is 1. The summed E-state index contributed by atoms with van der Waals surface area (Å²) in [6, 6.07) is 2.93. The number of carbonyl (C=O) groups excluding carboxylic acids is 2. The molecule has 1 aromatic rings. The first-order valence-electron chi connectivity index (χ1n) is 6.16. The largest absolute Gasteiger partial charge is 0.337 e. The molecule has 0 aromatic heterocycles. The third kappa shape index (κ3) is 2.66. The monoisotopic (exact) mass is 280 g/mol. The van der Waals surface area contributed by atoms with Gasteiger partial charge in [-0.15, -0.1) is 0 Å². The van der Waals surface area contributed by atoms with Crippen molar-refractivity contribution in [2.75, 3.05) is 13.1 Å². The van der Waals surface area contributed by atoms with Gasteiger partial charge in [0.1, 0.15) is 11.6 Å². The molecule has 0 radical (unpaired) electrons. The number of nitro groups is 1. The van der Waals surface area contributed by atoms with Crippen LogP contribution in [0.2, 0.25) is 0 Å². The van der Waals surface area contributed by atoms with Gasteiger partial charge in [-0.05, 0) is 6.07 Å². The van der Waals surface area contributed by atoms with Crippen molar-refractivity contribution in [3.8, 4) is 0 Å². The van der Waals surface area contributed by atoms with Crippen molar-refractivity contribution in [2.45, 2.75) is 13.3 Å². The van der Waals surface area contributed by atoms with Gasteiger partial charge in [-0.25, -0.2) is 4.39 Å². The lowest BCUT2D eigenvalue weighted by Crippen LogP contribution is -2.43. The van der Waals surface area contributed by atoms with Gasteiger partial charge in [-0.2, -0.15) is 0 Å². The van der Waals surface area contributed by atoms with E-state index in [1.165, 1.54) is 4.90 Å². The number of likely N-dealkylation sites (tertiary alicyclic amines) is 1. The first-order valence-corrected chi connectivity index (χ1v) is 6.16. The van der Waals surface area contributed by atoms with Crippen molar-refractivity contribution in [3.05, 3.63) is 39.7 Å². The van der Waals surface area contributed by atoms with Crippen LogP contribution < -0.4 is 0 Å². The highest BCUT2D eigenvalue weighted by Gasteiger charge is 2.29. The molecule has 2 rings (SSSR count). The second-order valence-electron chi connectivity index (χ2n) is 4.79. The van der Waals surface area contributed by atoms with E-state index in [2.05, 4.69) is 0 Å². The van der Waals surface area contributed by atoms with Crippen molar-refractivity contribution in [2.24, 2.45) is 5.92 Å². The minimum absolute atomic E-state index is 0.0817. The molecule has 0 bridgehead atoms. The van der Waals surface area contributed by atoms with Gasteiger partial charge in [0, 0.05) is 31.5 Å². The standard InChI is InChI=1S/C13H13FN2O4/c1-8-7-15(5-4-12(8)17)13(18)10-3-2-9(16(19)20)6-11(10)14/h2-3,6,8H,4-5,7H2,1H3. The van der Waals surface area contributed by atoms with Crippen LogP contribution in [-0.4, -0.2) is 34.6 Å². The summed E-state index contributed by atoms with van der Waals surface area (Å²) < 4.78 is 13.8. The number of rotatable bonds is 2. The first-order chi connectivity index (χ1) is 9.40. The maximum Gasteiger partial charge on any atom is 0.272 e. The van der Waals surface area contributed by atoms with Crippen LogP contribution in [0, 0.1) is 21.8 Å². The molecule has 1 fully saturated rings. The maximum atomic E-state index is 13.8. The first kappa shape index (κ1) is 14.1. The van der Waals surface area contributed by atoms with Crippen LogP contribution in [0.1, 0.15) is 23.7 Å². The molecular weight excluding hydrogens is 267 g/mol. The predicted octanol–water partition coefficient (Wildman–Crippen LogP) is 1.78. The van der Waals surface area contributed by atoms with Gasteiger partial charge in [0.15, 0.2) is 0 Å². The van der Waals surface area contributed by atoms with Gasteiger partial charge in [-0.1, -0.05) is 6.92 Å². The number of hydrogen-bond donors (Lipinski definition) is 0. The van der Waals surface area contributed by atoms with Gasteiger partial charge >= 0.3 is 0 Å². The van der Waals surface area contributed by atoms with Crippen molar-refractivity contribution in [1.82, 2.24) is 4.90 Å². The Hall–Kier alpha value is -2.31. The van der Waals surface area contributed by atoms with E-state index in [4.69, 9.17) is 0 Å². The molecule has 1 aliphatic rings. The second-order valence-corrected chi connectivity index (χ2v) is 4.79. The fraction of sp³-hybridized carbons (Fsp3) is 0.385. The number of amides is 1. The fourth-order valence-corrected chi connectivity index (χ4v) is 2.16. The second kappa shape index (κ2) is 5.36. The van der Waals surface area contributed by atoms with Crippen molar-refractivity contribution < 1.29 is 18.9 Å². The molecule has 106 valence electrons. The molecule has 6 nitrogen and oxygen atoms in total. The zero-order valence-corrected chi connectivity index (χ0v) is 10.8. The van der Waals surface area contributed by atoms with Crippen molar-refractivity contribution >= 4 is 17.4 Å². The van der Waals surface area contributed by atoms with E-state index in [0.717, 1.165) is 18.2 Å². The number of ketones is 1. The lowest BCUT2D eigenvalue weighted by molar-refractivity contribution is -0.385. The molecule has 1 aliphatic heterocycles. The zero-order valence-electron chi connectivity index (χ0n) is 10.8. The normalized spacial score (nSPS) is 19.0. The number of hydrogen-bond acceptors (Lipinski definition) is 4. The molecule has 1 atom stereocenters. The minimum atomic E-state index is -0.922. The number of Topliss-reactive ketones (excluding diaryl/α,β-unsaturated/α-hetero) is 1. The van der Waals surface area contributed by atoms with Crippen molar-refractivity contribution in [3.63, 3.8) is 0 Å². The molecule has 0 N–H and O–H groups in total. The lowest BCUT2D eigenvalue weighted by Gasteiger charge is -2.30. The third-order valence-corrected chi connectivity index (χ3v) is 3.35. The maximum absolute atomic E-state index is 13.8. The lowest BCUT2D eigenvalue weighted by atomic mass is 9.98. The molecule has 1 unspecified atom stereocenters. The minimum Gasteiger partial charge on any atom is -0.337 e. The van der Waals surface area contributed by atoms with Crippen LogP contribution in [0.3, 0.4) is 0 Å². The molecule has 0 saturated carbocycles. The van der Waals surface area contributed by atoms with Gasteiger partial charge in [-0.3, -0.25) is 19.7 Å². The van der Waals surface area contributed by atoms with Crippen LogP contribution in [0.5, 0.6) is 0 Å². The molecule has 0 aliphatic carbocycles. The van der Waals surface area contributed by atoms with E-state index in [-0.39, 0.29) is 36.8 Å². The van der Waals surface area contributed by atoms with Crippen LogP contribution in [-0.2, 0) is 4.79 Å². The summed E-state index contributed by atoms with van der Waals surface area (Å²) in [4.78, 5) is 34.8. The highest BCUT2D eigenvalue weighted by Crippen LogP contribution is 2.20. The summed E-state index contributed by atoms with van der Waals surface area (Å²) in [5, 5.41) is 10.5. The molecule has 0 spiro atoms. The van der Waals surface area contributed by atoms with E-state index in [9.17, 15) is 24.1 Å². The van der Waals surface area contributed by atoms with Gasteiger partial charge in [0.25, 0.3) is 11.6 Å². The number of nitro benzene ring substituents is 1. The molecule has 7 heteroatoms. The Morgan fingerprint density at radius 3 is 2.75 bits per heavy atom. The number of non-ortho nitro benzene ring substituents is 1. The smallest absolute Gasteiger partial charge is 0.272 e. The van der Waals surface area contributed by atoms with E-state index in [1.54, 1.807) is 6.92 Å². The quantitative estimate of drug-likeness (QED) is 0.611. The molecular formula is C13H13FN2O4. The van der Waals surface area contributed by atoms with E-state index < -0.39 is 22.3 Å². The summed E-state index contributed by atoms with van der Waals surface area (Å²) >= 11 is 0. The third-order valence-electron chi connectivity index (χ3n) is 3.35. The summed E-state index contributed by atoms with van der Waals surface area (Å²) in [7, 11) is 0. The molecule has 1 heterocycles. The summed E-state index contributed by atoms with van der Waals surface area (Å²) in [6.07, 6.45) is 0.251. The predicted molar refractivity (Wildman–Crippen MR) is 67.7 cm³/mol. The SMILES string of the molecule is CC1CN(C(=O)c2ccc([N+](=O)[O-])cc2F)CCC1=O. The summed E-state index contributed by atoms with van der Waals surface area (Å²) in [6.45, 7) is 2.21. The van der Waals surface area contributed by atoms with E-state index in [1.807, 2.05) is 0 Å². The average molecular weight is 280 g/mol. The molecule has 1 saturated heterocycles. The highest BCUT2D eigenvalue weighted by atomic mass is 19.1. The Balaban J connectivity index is 2.21. The molecule has 20 heavy (non-hydrogen) atoms. The van der Waals surface area contributed by atoms with Crippen molar-refractivity contribution in [1.29, 1.82) is 0 Å². The van der Waals surface area contributed by atoms with E-state index in [0.29, 0.717) is 0 Å². The van der Waals surface area contributed by atoms with Crippen LogP contribution in [0.4, 0.5) is 10.1 Å². The topological polar surface area (TPSA) is 80.5 Å². The van der Waals surface area contributed by atoms with Crippen LogP contribution >= 0.6 is 0 Å². The van der Waals surface area contributed by atoms with Gasteiger partial charge < -0.3 is 4.90 Å². The fourth-order valence-electron chi connectivity index (χ4n) is 2.16. The number of carbonyl (C=O) groups is 2. The van der Waals surface area contributed by atoms with Gasteiger partial charge in [0.2, 0.25) is 0 Å². The van der Waals surface area contributed by atoms with E-state index >= 15 is 0 Å². The van der Waals surface area contributed by atoms with Crippen LogP contribution in [0.25, 0.3) is 0 Å². The number of halogens is 1. The summed E-state index contributed by atoms with van der Waals surface area (Å²) in [5.41, 5.74) is -0.613. The highest BCUT2D eigenvalue weighted by molar-refractivity contribution is 5.96. The van der Waals surface area contributed by atoms with Crippen LogP contribution in [0.15, 0.2) is 18.2 Å². The molecule has 1 amide bonds. The zero-order chi connectivity index (χ0) is 14.9. The van der Waals surface area contributed by atoms with Gasteiger partial charge in [0.05, 0.1) is 16.6 Å². The Kier molecular flexibility index (Phi) is 3.78. The summed E-state index contributed by atoms with van der Waals surface area (Å²) in [5.74, 6) is -1.66. The molecule has 1 aromatic carbocycles.